The molecule has 1 N–H and O–H groups in total. The second-order valence-corrected chi connectivity index (χ2v) is 6.13. The van der Waals surface area contributed by atoms with Crippen LogP contribution in [0.25, 0.3) is 5.00 Å². The number of thiophene rings is 1. The van der Waals surface area contributed by atoms with Gasteiger partial charge in [-0.05, 0) is 39.5 Å². The Balaban J connectivity index is 1.65. The Labute approximate surface area is 130 Å². The molecule has 0 aromatic carbocycles. The molecule has 0 aliphatic rings. The summed E-state index contributed by atoms with van der Waals surface area (Å²) in [5.41, 5.74) is 2.47. The van der Waals surface area contributed by atoms with Crippen molar-refractivity contribution in [2.75, 3.05) is 0 Å². The fraction of sp³-hybridized carbons (Fsp3) is 0.214. The molecule has 3 aromatic rings. The summed E-state index contributed by atoms with van der Waals surface area (Å²) in [6.45, 7) is 1.65. The fourth-order valence-corrected chi connectivity index (χ4v) is 3.29. The zero-order valence-electron chi connectivity index (χ0n) is 11.1. The fourth-order valence-electron chi connectivity index (χ4n) is 2.07. The number of halogens is 1. The standard InChI is InChI=1S/C14H15BrN4S/c1-18-12(10-17-14(18)15)9-16-8-11-4-7-20-13(11)19-5-2-3-6-19/h2-7,10,16H,8-9H2,1H3. The Hall–Kier alpha value is -1.37. The highest BCUT2D eigenvalue weighted by Gasteiger charge is 2.07. The van der Waals surface area contributed by atoms with Crippen LogP contribution < -0.4 is 5.32 Å². The third-order valence-electron chi connectivity index (χ3n) is 3.21. The van der Waals surface area contributed by atoms with E-state index in [1.807, 2.05) is 29.9 Å². The van der Waals surface area contributed by atoms with Crippen LogP contribution in [0.2, 0.25) is 0 Å². The van der Waals surface area contributed by atoms with E-state index in [0.29, 0.717) is 0 Å². The first-order chi connectivity index (χ1) is 9.75. The maximum absolute atomic E-state index is 4.23. The van der Waals surface area contributed by atoms with Gasteiger partial charge in [-0.2, -0.15) is 0 Å². The number of rotatable bonds is 5. The van der Waals surface area contributed by atoms with E-state index in [1.165, 1.54) is 10.6 Å². The molecule has 0 saturated heterocycles. The van der Waals surface area contributed by atoms with Crippen LogP contribution in [0.4, 0.5) is 0 Å². The molecule has 0 saturated carbocycles. The molecule has 20 heavy (non-hydrogen) atoms. The molecule has 6 heteroatoms. The lowest BCUT2D eigenvalue weighted by Crippen LogP contribution is -2.15. The van der Waals surface area contributed by atoms with E-state index in [0.717, 1.165) is 23.5 Å². The van der Waals surface area contributed by atoms with Crippen LogP contribution in [0.15, 0.2) is 46.9 Å². The lowest BCUT2D eigenvalue weighted by atomic mass is 10.3. The summed E-state index contributed by atoms with van der Waals surface area (Å²) in [6.07, 6.45) is 6.04. The average molecular weight is 351 g/mol. The molecule has 0 bridgehead atoms. The van der Waals surface area contributed by atoms with Crippen molar-refractivity contribution in [3.63, 3.8) is 0 Å². The first kappa shape index (κ1) is 13.6. The number of hydrogen-bond donors (Lipinski definition) is 1. The Morgan fingerprint density at radius 1 is 1.30 bits per heavy atom. The van der Waals surface area contributed by atoms with E-state index in [4.69, 9.17) is 0 Å². The van der Waals surface area contributed by atoms with Gasteiger partial charge in [0, 0.05) is 38.1 Å². The first-order valence-corrected chi connectivity index (χ1v) is 7.99. The van der Waals surface area contributed by atoms with Gasteiger partial charge in [0.1, 0.15) is 5.00 Å². The van der Waals surface area contributed by atoms with Gasteiger partial charge in [0.2, 0.25) is 0 Å². The number of nitrogens with one attached hydrogen (secondary N) is 1. The first-order valence-electron chi connectivity index (χ1n) is 6.32. The number of imidazole rings is 1. The minimum atomic E-state index is 0.802. The van der Waals surface area contributed by atoms with Crippen molar-refractivity contribution in [1.82, 2.24) is 19.4 Å². The summed E-state index contributed by atoms with van der Waals surface area (Å²) in [5.74, 6) is 0. The molecule has 0 spiro atoms. The van der Waals surface area contributed by atoms with E-state index < -0.39 is 0 Å². The predicted molar refractivity (Wildman–Crippen MR) is 85.1 cm³/mol. The van der Waals surface area contributed by atoms with Crippen LogP contribution in [0, 0.1) is 0 Å². The van der Waals surface area contributed by atoms with Gasteiger partial charge in [0.15, 0.2) is 4.73 Å². The third kappa shape index (κ3) is 2.72. The molecular formula is C14H15BrN4S. The number of nitrogens with zero attached hydrogens (tertiary/aromatic N) is 3. The monoisotopic (exact) mass is 350 g/mol. The van der Waals surface area contributed by atoms with Crippen LogP contribution in [-0.4, -0.2) is 14.1 Å². The normalized spacial score (nSPS) is 11.1. The summed E-state index contributed by atoms with van der Waals surface area (Å²) >= 11 is 5.17. The minimum absolute atomic E-state index is 0.802. The molecular weight excluding hydrogens is 336 g/mol. The Kier molecular flexibility index (Phi) is 4.05. The largest absolute Gasteiger partial charge is 0.325 e. The second-order valence-electron chi connectivity index (χ2n) is 4.52. The molecule has 0 unspecified atom stereocenters. The van der Waals surface area contributed by atoms with Crippen molar-refractivity contribution < 1.29 is 0 Å². The van der Waals surface area contributed by atoms with Crippen molar-refractivity contribution in [3.8, 4) is 5.00 Å². The van der Waals surface area contributed by atoms with Gasteiger partial charge in [-0.25, -0.2) is 4.98 Å². The summed E-state index contributed by atoms with van der Waals surface area (Å²) < 4.78 is 5.05. The maximum Gasteiger partial charge on any atom is 0.177 e. The van der Waals surface area contributed by atoms with Gasteiger partial charge >= 0.3 is 0 Å². The summed E-state index contributed by atoms with van der Waals surface area (Å²) in [6, 6.07) is 6.26. The highest BCUT2D eigenvalue weighted by Crippen LogP contribution is 2.21. The van der Waals surface area contributed by atoms with Crippen molar-refractivity contribution >= 4 is 27.3 Å². The van der Waals surface area contributed by atoms with Crippen molar-refractivity contribution in [3.05, 3.63) is 58.2 Å². The van der Waals surface area contributed by atoms with Crippen molar-refractivity contribution in [2.24, 2.45) is 7.05 Å². The highest BCUT2D eigenvalue weighted by atomic mass is 79.9. The van der Waals surface area contributed by atoms with Crippen LogP contribution in [0.5, 0.6) is 0 Å². The predicted octanol–water partition coefficient (Wildman–Crippen LogP) is 3.32. The molecule has 4 nitrogen and oxygen atoms in total. The van der Waals surface area contributed by atoms with Crippen LogP contribution in [0.3, 0.4) is 0 Å². The van der Waals surface area contributed by atoms with E-state index in [9.17, 15) is 0 Å². The van der Waals surface area contributed by atoms with Crippen molar-refractivity contribution in [2.45, 2.75) is 13.1 Å². The van der Waals surface area contributed by atoms with Gasteiger partial charge in [0.05, 0.1) is 11.9 Å². The summed E-state index contributed by atoms with van der Waals surface area (Å²) in [5, 5.41) is 6.88. The molecule has 3 aromatic heterocycles. The van der Waals surface area contributed by atoms with E-state index in [1.54, 1.807) is 11.3 Å². The molecule has 3 rings (SSSR count). The summed E-state index contributed by atoms with van der Waals surface area (Å²) in [4.78, 5) is 4.23. The molecule has 0 atom stereocenters. The SMILES string of the molecule is Cn1c(CNCc2ccsc2-n2cccc2)cnc1Br. The van der Waals surface area contributed by atoms with Gasteiger partial charge in [-0.15, -0.1) is 11.3 Å². The Morgan fingerprint density at radius 2 is 2.10 bits per heavy atom. The Morgan fingerprint density at radius 3 is 2.80 bits per heavy atom. The van der Waals surface area contributed by atoms with Gasteiger partial charge in [-0.1, -0.05) is 0 Å². The molecule has 0 radical (unpaired) electrons. The van der Waals surface area contributed by atoms with Gasteiger partial charge < -0.3 is 14.5 Å². The topological polar surface area (TPSA) is 34.8 Å². The second kappa shape index (κ2) is 5.95. The molecule has 0 aliphatic carbocycles. The minimum Gasteiger partial charge on any atom is -0.325 e. The zero-order chi connectivity index (χ0) is 13.9. The van der Waals surface area contributed by atoms with Crippen molar-refractivity contribution in [1.29, 1.82) is 0 Å². The maximum atomic E-state index is 4.23. The third-order valence-corrected chi connectivity index (χ3v) is 4.92. The molecule has 0 aliphatic heterocycles. The van der Waals surface area contributed by atoms with Crippen LogP contribution in [0.1, 0.15) is 11.3 Å². The summed E-state index contributed by atoms with van der Waals surface area (Å²) in [7, 11) is 2.00. The smallest absolute Gasteiger partial charge is 0.177 e. The quantitative estimate of drug-likeness (QED) is 0.765. The Bertz CT molecular complexity index is 684. The van der Waals surface area contributed by atoms with E-state index >= 15 is 0 Å². The molecule has 3 heterocycles. The van der Waals surface area contributed by atoms with Gasteiger partial charge in [-0.3, -0.25) is 0 Å². The number of hydrogen-bond acceptors (Lipinski definition) is 3. The van der Waals surface area contributed by atoms with Gasteiger partial charge in [0.25, 0.3) is 0 Å². The lowest BCUT2D eigenvalue weighted by Gasteiger charge is -2.07. The molecule has 0 fully saturated rings. The van der Waals surface area contributed by atoms with E-state index in [-0.39, 0.29) is 0 Å². The van der Waals surface area contributed by atoms with Crippen LogP contribution >= 0.6 is 27.3 Å². The highest BCUT2D eigenvalue weighted by molar-refractivity contribution is 9.10. The van der Waals surface area contributed by atoms with E-state index in [2.05, 4.69) is 54.6 Å². The molecule has 104 valence electrons. The van der Waals surface area contributed by atoms with Crippen LogP contribution in [-0.2, 0) is 20.1 Å². The lowest BCUT2D eigenvalue weighted by molar-refractivity contribution is 0.651. The zero-order valence-corrected chi connectivity index (χ0v) is 13.5. The average Bonchev–Trinajstić information content (AvgIpc) is 3.15. The number of aromatic nitrogens is 3. The molecule has 0 amide bonds.